The van der Waals surface area contributed by atoms with Gasteiger partial charge in [-0.15, -0.1) is 0 Å². The molecule has 0 bridgehead atoms. The van der Waals surface area contributed by atoms with E-state index in [1.807, 2.05) is 53.1 Å². The van der Waals surface area contributed by atoms with Crippen LogP contribution in [0.25, 0.3) is 16.9 Å². The molecule has 0 aliphatic carbocycles. The van der Waals surface area contributed by atoms with E-state index < -0.39 is 0 Å². The highest BCUT2D eigenvalue weighted by Crippen LogP contribution is 2.34. The molecular formula is C14H11BrN2O. The zero-order valence-electron chi connectivity index (χ0n) is 9.80. The van der Waals surface area contributed by atoms with Crippen molar-refractivity contribution >= 4 is 21.6 Å². The largest absolute Gasteiger partial charge is 0.496 e. The number of nitrogens with zero attached hydrogens (tertiary/aromatic N) is 2. The first kappa shape index (κ1) is 11.3. The van der Waals surface area contributed by atoms with Crippen molar-refractivity contribution in [2.24, 2.45) is 0 Å². The van der Waals surface area contributed by atoms with Crippen LogP contribution in [0.3, 0.4) is 0 Å². The Morgan fingerprint density at radius 3 is 2.67 bits per heavy atom. The van der Waals surface area contributed by atoms with Crippen LogP contribution in [0.5, 0.6) is 5.75 Å². The van der Waals surface area contributed by atoms with Crippen LogP contribution in [0.1, 0.15) is 0 Å². The molecule has 3 nitrogen and oxygen atoms in total. The summed E-state index contributed by atoms with van der Waals surface area (Å²) in [4.78, 5) is 4.63. The highest BCUT2D eigenvalue weighted by molar-refractivity contribution is 9.10. The third-order valence-corrected chi connectivity index (χ3v) is 3.59. The highest BCUT2D eigenvalue weighted by atomic mass is 79.9. The molecule has 1 aromatic carbocycles. The molecular weight excluding hydrogens is 292 g/mol. The summed E-state index contributed by atoms with van der Waals surface area (Å²) >= 11 is 3.60. The molecule has 0 aliphatic heterocycles. The minimum Gasteiger partial charge on any atom is -0.496 e. The highest BCUT2D eigenvalue weighted by Gasteiger charge is 2.14. The van der Waals surface area contributed by atoms with Crippen LogP contribution in [-0.4, -0.2) is 16.5 Å². The van der Waals surface area contributed by atoms with Crippen LogP contribution >= 0.6 is 15.9 Å². The van der Waals surface area contributed by atoms with Gasteiger partial charge in [-0.25, -0.2) is 4.98 Å². The Labute approximate surface area is 113 Å². The minimum atomic E-state index is 0.821. The fraction of sp³-hybridized carbons (Fsp3) is 0.0714. The third kappa shape index (κ3) is 1.69. The van der Waals surface area contributed by atoms with Crippen molar-refractivity contribution in [1.82, 2.24) is 9.38 Å². The Kier molecular flexibility index (Phi) is 2.80. The van der Waals surface area contributed by atoms with Gasteiger partial charge in [-0.1, -0.05) is 18.2 Å². The van der Waals surface area contributed by atoms with E-state index in [0.717, 1.165) is 27.3 Å². The van der Waals surface area contributed by atoms with Gasteiger partial charge in [0.25, 0.3) is 0 Å². The summed E-state index contributed by atoms with van der Waals surface area (Å²) in [5.41, 5.74) is 2.78. The maximum atomic E-state index is 5.38. The standard InChI is InChI=1S/C14H11BrN2O/c1-18-11-7-3-2-6-10(11)13-14(15)17-9-5-4-8-12(17)16-13/h2-9H,1H3. The maximum Gasteiger partial charge on any atom is 0.138 e. The fourth-order valence-electron chi connectivity index (χ4n) is 1.98. The molecule has 3 aromatic rings. The topological polar surface area (TPSA) is 26.5 Å². The third-order valence-electron chi connectivity index (χ3n) is 2.83. The number of para-hydroxylation sites is 1. The number of imidazole rings is 1. The van der Waals surface area contributed by atoms with E-state index in [1.165, 1.54) is 0 Å². The van der Waals surface area contributed by atoms with Crippen molar-refractivity contribution in [3.05, 3.63) is 53.3 Å². The Morgan fingerprint density at radius 2 is 1.89 bits per heavy atom. The molecule has 0 atom stereocenters. The number of ether oxygens (including phenoxy) is 1. The number of fused-ring (bicyclic) bond motifs is 1. The van der Waals surface area contributed by atoms with Crippen LogP contribution < -0.4 is 4.74 Å². The van der Waals surface area contributed by atoms with Crippen LogP contribution in [0, 0.1) is 0 Å². The van der Waals surface area contributed by atoms with Gasteiger partial charge >= 0.3 is 0 Å². The molecule has 0 radical (unpaired) electrons. The van der Waals surface area contributed by atoms with Crippen molar-refractivity contribution < 1.29 is 4.74 Å². The summed E-state index contributed by atoms with van der Waals surface area (Å²) < 4.78 is 8.32. The second kappa shape index (κ2) is 4.46. The molecule has 4 heteroatoms. The molecule has 0 saturated heterocycles. The molecule has 0 unspecified atom stereocenters. The zero-order valence-corrected chi connectivity index (χ0v) is 11.4. The number of hydrogen-bond donors (Lipinski definition) is 0. The molecule has 0 fully saturated rings. The van der Waals surface area contributed by atoms with Gasteiger partial charge in [0.15, 0.2) is 0 Å². The molecule has 2 heterocycles. The number of benzene rings is 1. The van der Waals surface area contributed by atoms with Gasteiger partial charge in [-0.2, -0.15) is 0 Å². The van der Waals surface area contributed by atoms with Crippen LogP contribution in [0.4, 0.5) is 0 Å². The Bertz CT molecular complexity index is 706. The maximum absolute atomic E-state index is 5.38. The van der Waals surface area contributed by atoms with E-state index in [2.05, 4.69) is 20.9 Å². The molecule has 18 heavy (non-hydrogen) atoms. The van der Waals surface area contributed by atoms with Gasteiger partial charge in [0.1, 0.15) is 21.7 Å². The SMILES string of the molecule is COc1ccccc1-c1nc2ccccn2c1Br. The average Bonchev–Trinajstić information content (AvgIpc) is 2.76. The van der Waals surface area contributed by atoms with Gasteiger partial charge in [0.05, 0.1) is 7.11 Å². The minimum absolute atomic E-state index is 0.821. The second-order valence-corrected chi connectivity index (χ2v) is 4.63. The molecule has 0 aliphatic rings. The molecule has 0 amide bonds. The van der Waals surface area contributed by atoms with Crippen LogP contribution in [0.15, 0.2) is 53.3 Å². The number of rotatable bonds is 2. The molecule has 3 rings (SSSR count). The average molecular weight is 303 g/mol. The van der Waals surface area contributed by atoms with E-state index in [0.29, 0.717) is 0 Å². The molecule has 0 spiro atoms. The monoisotopic (exact) mass is 302 g/mol. The lowest BCUT2D eigenvalue weighted by Crippen LogP contribution is -1.88. The summed E-state index contributed by atoms with van der Waals surface area (Å²) in [5.74, 6) is 0.821. The summed E-state index contributed by atoms with van der Waals surface area (Å²) in [6, 6.07) is 13.8. The van der Waals surface area contributed by atoms with E-state index in [9.17, 15) is 0 Å². The number of aromatic nitrogens is 2. The van der Waals surface area contributed by atoms with Crippen molar-refractivity contribution in [1.29, 1.82) is 0 Å². The first-order valence-electron chi connectivity index (χ1n) is 5.57. The summed E-state index contributed by atoms with van der Waals surface area (Å²) in [5, 5.41) is 0. The van der Waals surface area contributed by atoms with E-state index >= 15 is 0 Å². The number of halogens is 1. The predicted octanol–water partition coefficient (Wildman–Crippen LogP) is 3.77. The van der Waals surface area contributed by atoms with Crippen molar-refractivity contribution in [2.45, 2.75) is 0 Å². The summed E-state index contributed by atoms with van der Waals surface area (Å²) in [6.45, 7) is 0. The molecule has 0 N–H and O–H groups in total. The first-order chi connectivity index (χ1) is 8.81. The van der Waals surface area contributed by atoms with Gasteiger partial charge in [-0.3, -0.25) is 4.40 Å². The van der Waals surface area contributed by atoms with Crippen molar-refractivity contribution in [2.75, 3.05) is 7.11 Å². The van der Waals surface area contributed by atoms with Gasteiger partial charge in [-0.05, 0) is 40.2 Å². The van der Waals surface area contributed by atoms with E-state index in [4.69, 9.17) is 4.74 Å². The Balaban J connectivity index is 2.28. The Morgan fingerprint density at radius 1 is 1.11 bits per heavy atom. The molecule has 2 aromatic heterocycles. The normalized spacial score (nSPS) is 10.8. The lowest BCUT2D eigenvalue weighted by Gasteiger charge is -2.05. The van der Waals surface area contributed by atoms with Crippen molar-refractivity contribution in [3.63, 3.8) is 0 Å². The second-order valence-electron chi connectivity index (χ2n) is 3.88. The smallest absolute Gasteiger partial charge is 0.138 e. The van der Waals surface area contributed by atoms with Crippen LogP contribution in [0.2, 0.25) is 0 Å². The Hall–Kier alpha value is -1.81. The predicted molar refractivity (Wildman–Crippen MR) is 74.9 cm³/mol. The van der Waals surface area contributed by atoms with Gasteiger partial charge in [0.2, 0.25) is 0 Å². The number of methoxy groups -OCH3 is 1. The van der Waals surface area contributed by atoms with E-state index in [1.54, 1.807) is 7.11 Å². The lowest BCUT2D eigenvalue weighted by atomic mass is 10.1. The number of hydrogen-bond acceptors (Lipinski definition) is 2. The number of pyridine rings is 1. The van der Waals surface area contributed by atoms with Gasteiger partial charge in [0, 0.05) is 11.8 Å². The zero-order chi connectivity index (χ0) is 12.5. The molecule has 90 valence electrons. The van der Waals surface area contributed by atoms with Crippen molar-refractivity contribution in [3.8, 4) is 17.0 Å². The fourth-order valence-corrected chi connectivity index (χ4v) is 2.58. The lowest BCUT2D eigenvalue weighted by molar-refractivity contribution is 0.416. The quantitative estimate of drug-likeness (QED) is 0.720. The van der Waals surface area contributed by atoms with Gasteiger partial charge < -0.3 is 4.74 Å². The first-order valence-corrected chi connectivity index (χ1v) is 6.36. The summed E-state index contributed by atoms with van der Waals surface area (Å²) in [7, 11) is 1.67. The van der Waals surface area contributed by atoms with E-state index in [-0.39, 0.29) is 0 Å². The molecule has 0 saturated carbocycles. The van der Waals surface area contributed by atoms with Crippen LogP contribution in [-0.2, 0) is 0 Å². The summed E-state index contributed by atoms with van der Waals surface area (Å²) in [6.07, 6.45) is 1.98.